The van der Waals surface area contributed by atoms with E-state index < -0.39 is 0 Å². The summed E-state index contributed by atoms with van der Waals surface area (Å²) in [7, 11) is 0. The first kappa shape index (κ1) is 10.3. The third kappa shape index (κ3) is 2.42. The molecule has 0 bridgehead atoms. The molecule has 0 radical (unpaired) electrons. The minimum atomic E-state index is -0.146. The van der Waals surface area contributed by atoms with E-state index in [9.17, 15) is 9.59 Å². The molecule has 0 unspecified atom stereocenters. The van der Waals surface area contributed by atoms with Crippen molar-refractivity contribution in [1.29, 1.82) is 0 Å². The number of benzene rings is 1. The van der Waals surface area contributed by atoms with Gasteiger partial charge in [0.2, 0.25) is 0 Å². The molecule has 16 heavy (non-hydrogen) atoms. The molecule has 0 atom stereocenters. The van der Waals surface area contributed by atoms with Gasteiger partial charge in [-0.05, 0) is 23.8 Å². The Bertz CT molecular complexity index is 505. The van der Waals surface area contributed by atoms with Crippen molar-refractivity contribution in [2.45, 2.75) is 0 Å². The molecule has 0 spiro atoms. The molecule has 0 saturated carbocycles. The molecule has 0 heterocycles. The molecule has 1 aliphatic rings. The molecule has 2 nitrogen and oxygen atoms in total. The summed E-state index contributed by atoms with van der Waals surface area (Å²) >= 11 is 0. The van der Waals surface area contributed by atoms with E-state index in [0.717, 1.165) is 5.56 Å². The molecular formula is C14H10O2. The predicted octanol–water partition coefficient (Wildman–Crippen LogP) is 2.33. The smallest absolute Gasteiger partial charge is 0.186 e. The third-order valence-electron chi connectivity index (χ3n) is 2.24. The number of rotatable bonds is 2. The van der Waals surface area contributed by atoms with Crippen LogP contribution >= 0.6 is 0 Å². The van der Waals surface area contributed by atoms with Crippen LogP contribution in [0.25, 0.3) is 6.08 Å². The fourth-order valence-corrected chi connectivity index (χ4v) is 1.41. The van der Waals surface area contributed by atoms with Crippen LogP contribution in [0.15, 0.2) is 60.2 Å². The van der Waals surface area contributed by atoms with E-state index in [1.54, 1.807) is 6.08 Å². The second-order valence-electron chi connectivity index (χ2n) is 3.44. The lowest BCUT2D eigenvalue weighted by Crippen LogP contribution is -2.05. The van der Waals surface area contributed by atoms with Crippen LogP contribution in [0.2, 0.25) is 0 Å². The van der Waals surface area contributed by atoms with Crippen LogP contribution in [0.1, 0.15) is 5.56 Å². The monoisotopic (exact) mass is 210 g/mol. The average Bonchev–Trinajstić information content (AvgIpc) is 2.32. The highest BCUT2D eigenvalue weighted by molar-refractivity contribution is 6.18. The summed E-state index contributed by atoms with van der Waals surface area (Å²) < 4.78 is 0. The Labute approximate surface area is 93.6 Å². The Balaban J connectivity index is 2.19. The maximum Gasteiger partial charge on any atom is 0.186 e. The molecule has 2 heteroatoms. The maximum atomic E-state index is 11.4. The summed E-state index contributed by atoms with van der Waals surface area (Å²) in [5.41, 5.74) is 1.43. The maximum absolute atomic E-state index is 11.4. The van der Waals surface area contributed by atoms with Gasteiger partial charge >= 0.3 is 0 Å². The van der Waals surface area contributed by atoms with Gasteiger partial charge in [0, 0.05) is 5.57 Å². The van der Waals surface area contributed by atoms with Crippen molar-refractivity contribution in [3.8, 4) is 0 Å². The Kier molecular flexibility index (Phi) is 2.92. The van der Waals surface area contributed by atoms with E-state index in [4.69, 9.17) is 0 Å². The second kappa shape index (κ2) is 4.53. The quantitative estimate of drug-likeness (QED) is 0.702. The lowest BCUT2D eigenvalue weighted by molar-refractivity contribution is -0.114. The zero-order valence-electron chi connectivity index (χ0n) is 8.59. The zero-order valence-corrected chi connectivity index (χ0v) is 8.59. The van der Waals surface area contributed by atoms with Crippen LogP contribution in [-0.4, -0.2) is 11.6 Å². The Morgan fingerprint density at radius 1 is 0.875 bits per heavy atom. The first-order valence-corrected chi connectivity index (χ1v) is 4.97. The van der Waals surface area contributed by atoms with Gasteiger partial charge in [-0.2, -0.15) is 0 Å². The lowest BCUT2D eigenvalue weighted by atomic mass is 10.0. The van der Waals surface area contributed by atoms with Gasteiger partial charge in [0.25, 0.3) is 0 Å². The number of hydrogen-bond donors (Lipinski definition) is 0. The van der Waals surface area contributed by atoms with Crippen molar-refractivity contribution in [3.63, 3.8) is 0 Å². The fourth-order valence-electron chi connectivity index (χ4n) is 1.41. The molecule has 0 N–H and O–H groups in total. The second-order valence-corrected chi connectivity index (χ2v) is 3.44. The molecule has 0 fully saturated rings. The fraction of sp³-hybridized carbons (Fsp3) is 0. The third-order valence-corrected chi connectivity index (χ3v) is 2.24. The number of carbonyl (C=O) groups excluding carboxylic acids is 2. The van der Waals surface area contributed by atoms with Crippen LogP contribution < -0.4 is 0 Å². The van der Waals surface area contributed by atoms with Crippen molar-refractivity contribution in [2.75, 3.05) is 0 Å². The van der Waals surface area contributed by atoms with E-state index in [1.165, 1.54) is 18.2 Å². The highest BCUT2D eigenvalue weighted by atomic mass is 16.1. The lowest BCUT2D eigenvalue weighted by Gasteiger charge is -2.00. The van der Waals surface area contributed by atoms with Gasteiger partial charge in [-0.1, -0.05) is 42.5 Å². The molecule has 1 aromatic rings. The molecule has 0 amide bonds. The van der Waals surface area contributed by atoms with Gasteiger partial charge in [-0.15, -0.1) is 0 Å². The van der Waals surface area contributed by atoms with E-state index in [1.807, 2.05) is 36.4 Å². The van der Waals surface area contributed by atoms with Gasteiger partial charge in [0.1, 0.15) is 0 Å². The Hall–Kier alpha value is -2.22. The summed E-state index contributed by atoms with van der Waals surface area (Å²) in [5.74, 6) is -0.279. The highest BCUT2D eigenvalue weighted by Crippen LogP contribution is 2.10. The van der Waals surface area contributed by atoms with Gasteiger partial charge in [-0.25, -0.2) is 0 Å². The van der Waals surface area contributed by atoms with Crippen LogP contribution in [-0.2, 0) is 9.59 Å². The topological polar surface area (TPSA) is 34.1 Å². The number of hydrogen-bond acceptors (Lipinski definition) is 2. The zero-order chi connectivity index (χ0) is 11.4. The summed E-state index contributed by atoms with van der Waals surface area (Å²) in [6.07, 6.45) is 7.41. The summed E-state index contributed by atoms with van der Waals surface area (Å²) in [6, 6.07) is 9.63. The van der Waals surface area contributed by atoms with Gasteiger partial charge in [0.05, 0.1) is 0 Å². The van der Waals surface area contributed by atoms with Crippen LogP contribution in [0.3, 0.4) is 0 Å². The molecule has 78 valence electrons. The van der Waals surface area contributed by atoms with Gasteiger partial charge in [-0.3, -0.25) is 9.59 Å². The van der Waals surface area contributed by atoms with Crippen LogP contribution in [0, 0.1) is 0 Å². The van der Waals surface area contributed by atoms with Crippen molar-refractivity contribution in [1.82, 2.24) is 0 Å². The first-order valence-electron chi connectivity index (χ1n) is 4.97. The largest absolute Gasteiger partial charge is 0.290 e. The van der Waals surface area contributed by atoms with Gasteiger partial charge in [0.15, 0.2) is 11.6 Å². The molecule has 0 saturated heterocycles. The van der Waals surface area contributed by atoms with E-state index in [2.05, 4.69) is 0 Å². The molecule has 2 rings (SSSR count). The van der Waals surface area contributed by atoms with Crippen molar-refractivity contribution in [3.05, 3.63) is 65.8 Å². The minimum Gasteiger partial charge on any atom is -0.290 e. The molecule has 1 aromatic carbocycles. The molecular weight excluding hydrogens is 200 g/mol. The molecule has 0 aliphatic heterocycles. The minimum absolute atomic E-state index is 0.133. The number of carbonyl (C=O) groups is 2. The first-order chi connectivity index (χ1) is 7.75. The summed E-state index contributed by atoms with van der Waals surface area (Å²) in [5, 5.41) is 0. The van der Waals surface area contributed by atoms with Crippen LogP contribution in [0.4, 0.5) is 0 Å². The summed E-state index contributed by atoms with van der Waals surface area (Å²) in [6.45, 7) is 0. The van der Waals surface area contributed by atoms with Crippen molar-refractivity contribution < 1.29 is 9.59 Å². The highest BCUT2D eigenvalue weighted by Gasteiger charge is 2.09. The molecule has 0 aromatic heterocycles. The number of ketones is 2. The number of allylic oxidation sites excluding steroid dienone is 5. The SMILES string of the molecule is O=C1C=CC(=O)C(C=Cc2ccccc2)=C1. The Morgan fingerprint density at radius 2 is 1.62 bits per heavy atom. The van der Waals surface area contributed by atoms with E-state index in [-0.39, 0.29) is 11.6 Å². The van der Waals surface area contributed by atoms with Crippen molar-refractivity contribution >= 4 is 17.6 Å². The normalized spacial score (nSPS) is 15.6. The van der Waals surface area contributed by atoms with Gasteiger partial charge < -0.3 is 0 Å². The average molecular weight is 210 g/mol. The van der Waals surface area contributed by atoms with E-state index in [0.29, 0.717) is 5.57 Å². The molecule has 1 aliphatic carbocycles. The Morgan fingerprint density at radius 3 is 2.38 bits per heavy atom. The summed E-state index contributed by atoms with van der Waals surface area (Å²) in [4.78, 5) is 22.5. The predicted molar refractivity (Wildman–Crippen MR) is 62.7 cm³/mol. The van der Waals surface area contributed by atoms with E-state index >= 15 is 0 Å². The van der Waals surface area contributed by atoms with Crippen molar-refractivity contribution in [2.24, 2.45) is 0 Å². The van der Waals surface area contributed by atoms with Crippen LogP contribution in [0.5, 0.6) is 0 Å². The standard InChI is InChI=1S/C14H10O2/c15-13-8-9-14(16)12(10-13)7-6-11-4-2-1-3-5-11/h1-10H.